The highest BCUT2D eigenvalue weighted by molar-refractivity contribution is 9.11. The van der Waals surface area contributed by atoms with Gasteiger partial charge < -0.3 is 10.2 Å². The van der Waals surface area contributed by atoms with Gasteiger partial charge in [0.05, 0.1) is 21.2 Å². The SMILES string of the molecule is Brc1ncc(-c2ccccc2)s1.CN(C(=O)C1(F)CCN(C#N)C1)c1ncc(-c2ccccc2)s1.CNc1ncc(-c2ccccc2)s1. The van der Waals surface area contributed by atoms with Crippen molar-refractivity contribution in [3.05, 3.63) is 114 Å². The summed E-state index contributed by atoms with van der Waals surface area (Å²) in [4.78, 5) is 30.9. The second-order valence-corrected chi connectivity index (χ2v) is 14.8. The highest BCUT2D eigenvalue weighted by Gasteiger charge is 2.47. The largest absolute Gasteiger partial charge is 0.365 e. The molecule has 0 radical (unpaired) electrons. The van der Waals surface area contributed by atoms with E-state index in [1.54, 1.807) is 28.9 Å². The summed E-state index contributed by atoms with van der Waals surface area (Å²) in [6.07, 6.45) is 7.37. The molecule has 6 aromatic rings. The van der Waals surface area contributed by atoms with Gasteiger partial charge in [0.1, 0.15) is 0 Å². The van der Waals surface area contributed by atoms with E-state index >= 15 is 0 Å². The normalized spacial score (nSPS) is 14.9. The summed E-state index contributed by atoms with van der Waals surface area (Å²) in [5, 5.41) is 13.3. The molecule has 1 aliphatic heterocycles. The first-order valence-electron chi connectivity index (χ1n) is 14.8. The Morgan fingerprint density at radius 1 is 0.854 bits per heavy atom. The summed E-state index contributed by atoms with van der Waals surface area (Å²) in [5.74, 6) is -0.649. The molecule has 1 aliphatic rings. The molecule has 48 heavy (non-hydrogen) atoms. The number of halogens is 2. The van der Waals surface area contributed by atoms with Gasteiger partial charge in [0.2, 0.25) is 5.67 Å². The molecular formula is C35H31BrFN7OS3. The van der Waals surface area contributed by atoms with Crippen LogP contribution in [0.1, 0.15) is 6.42 Å². The maximum atomic E-state index is 14.8. The van der Waals surface area contributed by atoms with Crippen LogP contribution in [0.3, 0.4) is 0 Å². The van der Waals surface area contributed by atoms with Crippen molar-refractivity contribution < 1.29 is 9.18 Å². The zero-order chi connectivity index (χ0) is 33.9. The number of anilines is 2. The van der Waals surface area contributed by atoms with Gasteiger partial charge >= 0.3 is 0 Å². The van der Waals surface area contributed by atoms with Gasteiger partial charge in [-0.15, -0.1) is 11.3 Å². The summed E-state index contributed by atoms with van der Waals surface area (Å²) < 4.78 is 15.7. The number of benzene rings is 3. The number of hydrogen-bond donors (Lipinski definition) is 1. The predicted molar refractivity (Wildman–Crippen MR) is 199 cm³/mol. The fraction of sp³-hybridized carbons (Fsp3) is 0.171. The molecule has 3 aromatic carbocycles. The minimum Gasteiger partial charge on any atom is -0.365 e. The molecule has 1 amide bonds. The molecule has 1 saturated heterocycles. The zero-order valence-electron chi connectivity index (χ0n) is 26.1. The molecule has 1 atom stereocenters. The first-order chi connectivity index (χ1) is 23.3. The first kappa shape index (κ1) is 34.8. The number of rotatable bonds is 6. The van der Waals surface area contributed by atoms with Crippen LogP contribution < -0.4 is 10.2 Å². The number of hydrogen-bond acceptors (Lipinski definition) is 10. The Hall–Kier alpha value is -4.48. The lowest BCUT2D eigenvalue weighted by atomic mass is 10.0. The van der Waals surface area contributed by atoms with E-state index in [0.29, 0.717) is 5.13 Å². The van der Waals surface area contributed by atoms with Crippen LogP contribution in [0.2, 0.25) is 0 Å². The highest BCUT2D eigenvalue weighted by atomic mass is 79.9. The molecule has 0 spiro atoms. The summed E-state index contributed by atoms with van der Waals surface area (Å²) in [6.45, 7) is 0.0727. The summed E-state index contributed by atoms with van der Waals surface area (Å²) in [7, 11) is 3.40. The molecule has 0 bridgehead atoms. The summed E-state index contributed by atoms with van der Waals surface area (Å²) >= 11 is 7.98. The molecule has 1 unspecified atom stereocenters. The lowest BCUT2D eigenvalue weighted by Crippen LogP contribution is -2.46. The lowest BCUT2D eigenvalue weighted by molar-refractivity contribution is -0.128. The fourth-order valence-corrected chi connectivity index (χ4v) is 7.62. The number of aromatic nitrogens is 3. The van der Waals surface area contributed by atoms with Crippen LogP contribution >= 0.6 is 49.9 Å². The molecule has 0 saturated carbocycles. The Morgan fingerprint density at radius 3 is 1.81 bits per heavy atom. The van der Waals surface area contributed by atoms with Gasteiger partial charge in [-0.3, -0.25) is 9.69 Å². The lowest BCUT2D eigenvalue weighted by Gasteiger charge is -2.23. The van der Waals surface area contributed by atoms with Gasteiger partial charge in [-0.25, -0.2) is 19.3 Å². The number of carbonyl (C=O) groups is 1. The Labute approximate surface area is 299 Å². The van der Waals surface area contributed by atoms with E-state index < -0.39 is 11.6 Å². The third-order valence-electron chi connectivity index (χ3n) is 7.20. The summed E-state index contributed by atoms with van der Waals surface area (Å²) in [6, 6.07) is 30.2. The molecule has 13 heteroatoms. The van der Waals surface area contributed by atoms with Gasteiger partial charge in [0, 0.05) is 45.7 Å². The van der Waals surface area contributed by atoms with Gasteiger partial charge in [-0.1, -0.05) is 114 Å². The van der Waals surface area contributed by atoms with Crippen LogP contribution in [0.25, 0.3) is 31.3 Å². The van der Waals surface area contributed by atoms with E-state index in [2.05, 4.69) is 60.5 Å². The average molecular weight is 761 g/mol. The number of nitriles is 1. The summed E-state index contributed by atoms with van der Waals surface area (Å²) in [5.41, 5.74) is 1.43. The Kier molecular flexibility index (Phi) is 12.0. The molecule has 1 N–H and O–H groups in total. The van der Waals surface area contributed by atoms with E-state index in [1.165, 1.54) is 49.1 Å². The van der Waals surface area contributed by atoms with E-state index in [4.69, 9.17) is 5.26 Å². The smallest absolute Gasteiger partial charge is 0.268 e. The van der Waals surface area contributed by atoms with Crippen molar-refractivity contribution in [2.45, 2.75) is 12.1 Å². The maximum Gasteiger partial charge on any atom is 0.268 e. The van der Waals surface area contributed by atoms with E-state index in [1.807, 2.05) is 92.4 Å². The molecule has 0 aliphatic carbocycles. The van der Waals surface area contributed by atoms with E-state index in [-0.39, 0.29) is 19.5 Å². The number of alkyl halides is 1. The first-order valence-corrected chi connectivity index (χ1v) is 18.0. The molecule has 4 heterocycles. The Morgan fingerprint density at radius 2 is 1.35 bits per heavy atom. The average Bonchev–Trinajstić information content (AvgIpc) is 3.97. The number of likely N-dealkylation sites (tertiary alicyclic amines) is 1. The molecule has 1 fully saturated rings. The number of amides is 1. The van der Waals surface area contributed by atoms with Crippen molar-refractivity contribution >= 4 is 66.1 Å². The van der Waals surface area contributed by atoms with Crippen molar-refractivity contribution in [2.75, 3.05) is 37.4 Å². The number of nitrogens with one attached hydrogen (secondary N) is 1. The van der Waals surface area contributed by atoms with Crippen LogP contribution in [0.4, 0.5) is 14.7 Å². The second-order valence-electron chi connectivity index (χ2n) is 10.5. The van der Waals surface area contributed by atoms with Gasteiger partial charge in [-0.05, 0) is 32.6 Å². The molecule has 7 rings (SSSR count). The van der Waals surface area contributed by atoms with Gasteiger partial charge in [0.15, 0.2) is 20.4 Å². The third kappa shape index (κ3) is 8.90. The Bertz CT molecular complexity index is 1950. The minimum atomic E-state index is -2.02. The van der Waals surface area contributed by atoms with Crippen molar-refractivity contribution in [1.29, 1.82) is 5.26 Å². The number of carbonyl (C=O) groups excluding carboxylic acids is 1. The Balaban J connectivity index is 0.000000153. The monoisotopic (exact) mass is 759 g/mol. The zero-order valence-corrected chi connectivity index (χ0v) is 30.1. The molecular weight excluding hydrogens is 730 g/mol. The van der Waals surface area contributed by atoms with Crippen molar-refractivity contribution in [2.24, 2.45) is 0 Å². The van der Waals surface area contributed by atoms with Gasteiger partial charge in [0.25, 0.3) is 5.91 Å². The van der Waals surface area contributed by atoms with Crippen LogP contribution in [0.5, 0.6) is 0 Å². The van der Waals surface area contributed by atoms with Crippen LogP contribution in [-0.4, -0.2) is 58.6 Å². The van der Waals surface area contributed by atoms with Crippen LogP contribution in [-0.2, 0) is 4.79 Å². The second kappa shape index (κ2) is 16.6. The van der Waals surface area contributed by atoms with Crippen LogP contribution in [0, 0.1) is 11.5 Å². The third-order valence-corrected chi connectivity index (χ3v) is 10.9. The number of thiazole rings is 3. The number of nitrogens with zero attached hydrogens (tertiary/aromatic N) is 6. The van der Waals surface area contributed by atoms with E-state index in [0.717, 1.165) is 19.5 Å². The molecule has 3 aromatic heterocycles. The molecule has 244 valence electrons. The van der Waals surface area contributed by atoms with Gasteiger partial charge in [-0.2, -0.15) is 5.26 Å². The molecule has 8 nitrogen and oxygen atoms in total. The minimum absolute atomic E-state index is 0.0284. The standard InChI is InChI=1S/C16H15FN4OS.C10H10N2S.C9H6BrNS/c1-20(14(22)16(17)7-8-21(10-16)11-18)15-19-9-13(23-15)12-5-3-2-4-6-12;1-11-10-12-7-9(13-10)8-5-3-2-4-6-8;10-9-11-6-8(12-9)7-4-2-1-3-5-7/h2-6,9H,7-8,10H2,1H3;2-7H,1H3,(H,11,12);1-6H. The van der Waals surface area contributed by atoms with Crippen molar-refractivity contribution in [1.82, 2.24) is 19.9 Å². The quantitative estimate of drug-likeness (QED) is 0.169. The maximum absolute atomic E-state index is 14.8. The highest BCUT2D eigenvalue weighted by Crippen LogP contribution is 2.34. The fourth-order valence-electron chi connectivity index (χ4n) is 4.69. The predicted octanol–water partition coefficient (Wildman–Crippen LogP) is 9.09. The topological polar surface area (TPSA) is 98.0 Å². The van der Waals surface area contributed by atoms with Crippen LogP contribution in [0.15, 0.2) is 114 Å². The van der Waals surface area contributed by atoms with Crippen molar-refractivity contribution in [3.63, 3.8) is 0 Å². The van der Waals surface area contributed by atoms with Crippen molar-refractivity contribution in [3.8, 4) is 37.5 Å². The van der Waals surface area contributed by atoms with E-state index in [9.17, 15) is 9.18 Å².